The third kappa shape index (κ3) is 6.91. The van der Waals surface area contributed by atoms with Crippen molar-refractivity contribution in [2.24, 2.45) is 16.8 Å². The van der Waals surface area contributed by atoms with Gasteiger partial charge in [-0.15, -0.1) is 24.0 Å². The summed E-state index contributed by atoms with van der Waals surface area (Å²) < 4.78 is 32.9. The molecule has 2 saturated heterocycles. The maximum absolute atomic E-state index is 12.3. The summed E-state index contributed by atoms with van der Waals surface area (Å²) in [6.45, 7) is 5.54. The van der Waals surface area contributed by atoms with E-state index < -0.39 is 10.0 Å². The molecule has 2 heterocycles. The van der Waals surface area contributed by atoms with Gasteiger partial charge in [0.15, 0.2) is 5.96 Å². The number of hydrogen-bond donors (Lipinski definition) is 2. The van der Waals surface area contributed by atoms with Crippen LogP contribution in [-0.2, 0) is 14.8 Å². The number of rotatable bonds is 7. The Bertz CT molecular complexity index is 693. The van der Waals surface area contributed by atoms with Crippen LogP contribution >= 0.6 is 24.0 Å². The van der Waals surface area contributed by atoms with Crippen LogP contribution in [0, 0.1) is 11.8 Å². The van der Waals surface area contributed by atoms with Crippen LogP contribution in [0.4, 0.5) is 0 Å². The van der Waals surface area contributed by atoms with Gasteiger partial charge in [-0.2, -0.15) is 0 Å². The van der Waals surface area contributed by atoms with Gasteiger partial charge in [-0.1, -0.05) is 6.42 Å². The molecule has 4 fully saturated rings. The van der Waals surface area contributed by atoms with Gasteiger partial charge in [-0.05, 0) is 50.4 Å². The predicted octanol–water partition coefficient (Wildman–Crippen LogP) is 1.47. The number of nitrogens with zero attached hydrogens (tertiary/aromatic N) is 3. The number of piperazine rings is 1. The lowest BCUT2D eigenvalue weighted by Crippen LogP contribution is -2.56. The zero-order valence-corrected chi connectivity index (χ0v) is 21.9. The topological polar surface area (TPSA) is 86.3 Å². The molecule has 0 amide bonds. The molecule has 4 atom stereocenters. The number of guanidine groups is 1. The molecule has 2 saturated carbocycles. The van der Waals surface area contributed by atoms with Crippen molar-refractivity contribution in [1.82, 2.24) is 19.8 Å². The first-order valence-electron chi connectivity index (χ1n) is 11.8. The van der Waals surface area contributed by atoms with Crippen molar-refractivity contribution in [3.63, 3.8) is 0 Å². The van der Waals surface area contributed by atoms with E-state index in [1.165, 1.54) is 25.7 Å². The molecule has 2 bridgehead atoms. The number of ether oxygens (including phenoxy) is 1. The highest BCUT2D eigenvalue weighted by Crippen LogP contribution is 2.46. The van der Waals surface area contributed by atoms with Gasteiger partial charge in [0.05, 0.1) is 11.9 Å². The van der Waals surface area contributed by atoms with Crippen LogP contribution < -0.4 is 10.0 Å². The maximum atomic E-state index is 12.3. The molecular formula is C21H40IN5O3S. The monoisotopic (exact) mass is 569 g/mol. The summed E-state index contributed by atoms with van der Waals surface area (Å²) >= 11 is 0. The minimum atomic E-state index is -3.31. The van der Waals surface area contributed by atoms with Gasteiger partial charge < -0.3 is 15.0 Å². The summed E-state index contributed by atoms with van der Waals surface area (Å²) in [4.78, 5) is 9.34. The summed E-state index contributed by atoms with van der Waals surface area (Å²) in [6, 6.07) is 0.797. The first-order chi connectivity index (χ1) is 14.5. The molecule has 2 aliphatic carbocycles. The van der Waals surface area contributed by atoms with E-state index in [0.29, 0.717) is 13.1 Å². The summed E-state index contributed by atoms with van der Waals surface area (Å²) in [6.07, 6.45) is 8.85. The molecule has 31 heavy (non-hydrogen) atoms. The minimum absolute atomic E-state index is 0. The zero-order chi connectivity index (χ0) is 21.0. The van der Waals surface area contributed by atoms with E-state index in [2.05, 4.69) is 24.8 Å². The highest BCUT2D eigenvalue weighted by molar-refractivity contribution is 14.0. The van der Waals surface area contributed by atoms with Gasteiger partial charge in [-0.3, -0.25) is 9.89 Å². The fraction of sp³-hybridized carbons (Fsp3) is 0.952. The minimum Gasteiger partial charge on any atom is -0.377 e. The Kier molecular flexibility index (Phi) is 9.69. The van der Waals surface area contributed by atoms with Crippen molar-refractivity contribution in [2.75, 3.05) is 58.7 Å². The van der Waals surface area contributed by atoms with Crippen molar-refractivity contribution in [3.05, 3.63) is 0 Å². The predicted molar refractivity (Wildman–Crippen MR) is 135 cm³/mol. The number of nitrogens with one attached hydrogen (secondary N) is 2. The number of halogens is 1. The molecule has 2 N–H and O–H groups in total. The number of aliphatic imine (C=N–C) groups is 1. The summed E-state index contributed by atoms with van der Waals surface area (Å²) in [5, 5.41) is 3.25. The first kappa shape index (κ1) is 25.5. The Morgan fingerprint density at radius 3 is 2.52 bits per heavy atom. The summed E-state index contributed by atoms with van der Waals surface area (Å²) in [5.74, 6) is 2.76. The lowest BCUT2D eigenvalue weighted by molar-refractivity contribution is 0.0200. The third-order valence-corrected chi connectivity index (χ3v) is 8.80. The van der Waals surface area contributed by atoms with E-state index in [1.807, 2.05) is 0 Å². The molecule has 0 spiro atoms. The van der Waals surface area contributed by atoms with Gasteiger partial charge in [0.1, 0.15) is 0 Å². The second kappa shape index (κ2) is 11.8. The fourth-order valence-electron chi connectivity index (χ4n) is 5.81. The zero-order valence-electron chi connectivity index (χ0n) is 18.8. The molecule has 0 aromatic rings. The molecule has 0 radical (unpaired) electrons. The smallest absolute Gasteiger partial charge is 0.213 e. The van der Waals surface area contributed by atoms with Crippen molar-refractivity contribution in [3.8, 4) is 0 Å². The average Bonchev–Trinajstić information content (AvgIpc) is 3.40. The normalized spacial score (nSPS) is 32.2. The second-order valence-corrected chi connectivity index (χ2v) is 11.3. The van der Waals surface area contributed by atoms with Gasteiger partial charge in [0, 0.05) is 59.0 Å². The fourth-order valence-corrected chi connectivity index (χ4v) is 6.77. The molecular weight excluding hydrogens is 529 g/mol. The summed E-state index contributed by atoms with van der Waals surface area (Å²) in [7, 11) is -1.54. The van der Waals surface area contributed by atoms with Crippen LogP contribution in [0.25, 0.3) is 0 Å². The van der Waals surface area contributed by atoms with Crippen molar-refractivity contribution >= 4 is 40.0 Å². The van der Waals surface area contributed by atoms with Crippen LogP contribution in [-0.4, -0.2) is 95.0 Å². The standard InChI is InChI=1S/C21H39N5O3S.HI/c1-22-21(23-7-13-30(27,28)24-16-19-4-2-3-12-29-19)26-10-8-25(9-11-26)20-15-17-5-6-18(20)14-17;/h17-20,24H,2-16H2,1H3,(H,22,23);1H. The van der Waals surface area contributed by atoms with Gasteiger partial charge in [-0.25, -0.2) is 13.1 Å². The molecule has 2 aliphatic heterocycles. The number of sulfonamides is 1. The Labute approximate surface area is 205 Å². The summed E-state index contributed by atoms with van der Waals surface area (Å²) in [5.41, 5.74) is 0. The quantitative estimate of drug-likeness (QED) is 0.275. The first-order valence-corrected chi connectivity index (χ1v) is 13.5. The molecule has 0 aromatic heterocycles. The lowest BCUT2D eigenvalue weighted by Gasteiger charge is -2.41. The number of fused-ring (bicyclic) bond motifs is 2. The van der Waals surface area contributed by atoms with Gasteiger partial charge >= 0.3 is 0 Å². The molecule has 4 rings (SSSR count). The average molecular weight is 570 g/mol. The molecule has 0 aromatic carbocycles. The van der Waals surface area contributed by atoms with Crippen molar-refractivity contribution in [1.29, 1.82) is 0 Å². The van der Waals surface area contributed by atoms with Gasteiger partial charge in [0.25, 0.3) is 0 Å². The van der Waals surface area contributed by atoms with Gasteiger partial charge in [0.2, 0.25) is 10.0 Å². The lowest BCUT2D eigenvalue weighted by atomic mass is 9.93. The molecule has 10 heteroatoms. The third-order valence-electron chi connectivity index (χ3n) is 7.45. The molecule has 180 valence electrons. The van der Waals surface area contributed by atoms with Crippen LogP contribution in [0.2, 0.25) is 0 Å². The van der Waals surface area contributed by atoms with E-state index in [4.69, 9.17) is 4.74 Å². The SMILES string of the molecule is CN=C(NCCS(=O)(=O)NCC1CCCCO1)N1CCN(C2CC3CCC2C3)CC1.I. The Hall–Kier alpha value is -0.170. The van der Waals surface area contributed by atoms with Crippen LogP contribution in [0.5, 0.6) is 0 Å². The van der Waals surface area contributed by atoms with Crippen LogP contribution in [0.15, 0.2) is 4.99 Å². The molecule has 4 unspecified atom stereocenters. The largest absolute Gasteiger partial charge is 0.377 e. The van der Waals surface area contributed by atoms with E-state index >= 15 is 0 Å². The molecule has 4 aliphatic rings. The highest BCUT2D eigenvalue weighted by Gasteiger charge is 2.42. The highest BCUT2D eigenvalue weighted by atomic mass is 127. The van der Waals surface area contributed by atoms with E-state index in [-0.39, 0.29) is 35.8 Å². The Morgan fingerprint density at radius 2 is 1.90 bits per heavy atom. The Balaban J connectivity index is 0.00000272. The number of hydrogen-bond acceptors (Lipinski definition) is 5. The van der Waals surface area contributed by atoms with Crippen LogP contribution in [0.3, 0.4) is 0 Å². The van der Waals surface area contributed by atoms with Crippen LogP contribution in [0.1, 0.15) is 44.9 Å². The maximum Gasteiger partial charge on any atom is 0.213 e. The Morgan fingerprint density at radius 1 is 1.10 bits per heavy atom. The van der Waals surface area contributed by atoms with Crippen molar-refractivity contribution in [2.45, 2.75) is 57.1 Å². The van der Waals surface area contributed by atoms with Crippen molar-refractivity contribution < 1.29 is 13.2 Å². The molecule has 8 nitrogen and oxygen atoms in total. The van der Waals surface area contributed by atoms with E-state index in [9.17, 15) is 8.42 Å². The van der Waals surface area contributed by atoms with E-state index in [1.54, 1.807) is 7.05 Å². The second-order valence-electron chi connectivity index (χ2n) is 9.40. The van der Waals surface area contributed by atoms with E-state index in [0.717, 1.165) is 75.9 Å².